The van der Waals surface area contributed by atoms with E-state index in [9.17, 15) is 4.79 Å². The Hall–Kier alpha value is -2.57. The third-order valence-corrected chi connectivity index (χ3v) is 2.88. The average Bonchev–Trinajstić information content (AvgIpc) is 3.07. The number of benzene rings is 1. The Morgan fingerprint density at radius 2 is 2.15 bits per heavy atom. The van der Waals surface area contributed by atoms with E-state index in [0.717, 1.165) is 0 Å². The van der Waals surface area contributed by atoms with Gasteiger partial charge in [-0.15, -0.1) is 5.10 Å². The van der Waals surface area contributed by atoms with E-state index in [2.05, 4.69) is 20.5 Å². The molecule has 0 bridgehead atoms. The fraction of sp³-hybridized carbons (Fsp3) is 0.308. The number of nitrogens with zero attached hydrogens (tertiary/aromatic N) is 2. The lowest BCUT2D eigenvalue weighted by atomic mass is 10.2. The van der Waals surface area contributed by atoms with Crippen LogP contribution in [0.2, 0.25) is 0 Å². The van der Waals surface area contributed by atoms with Gasteiger partial charge in [-0.3, -0.25) is 9.89 Å². The number of ether oxygens (including phenoxy) is 2. The van der Waals surface area contributed by atoms with Crippen molar-refractivity contribution in [3.8, 4) is 11.5 Å². The number of amides is 1. The maximum Gasteiger partial charge on any atom is 0.295 e. The van der Waals surface area contributed by atoms with Crippen LogP contribution >= 0.6 is 0 Å². The number of carbonyl (C=O) groups excluding carboxylic acids is 1. The number of hydrogen-bond acceptors (Lipinski definition) is 5. The van der Waals surface area contributed by atoms with Crippen molar-refractivity contribution in [2.45, 2.75) is 19.8 Å². The first-order valence-corrected chi connectivity index (χ1v) is 6.27. The third-order valence-electron chi connectivity index (χ3n) is 2.88. The standard InChI is InChI=1S/C13H14N4O3/c1-7(2)11-15-12(17-16-11)13(18)14-8-3-4-9-10(5-8)20-6-19-9/h3-5,7H,6H2,1-2H3,(H,14,18)(H,15,16,17). The molecule has 20 heavy (non-hydrogen) atoms. The Labute approximate surface area is 115 Å². The van der Waals surface area contributed by atoms with E-state index in [1.165, 1.54) is 0 Å². The Kier molecular flexibility index (Phi) is 3.02. The molecule has 1 aromatic carbocycles. The summed E-state index contributed by atoms with van der Waals surface area (Å²) in [6.07, 6.45) is 0. The summed E-state index contributed by atoms with van der Waals surface area (Å²) in [5, 5.41) is 9.37. The number of fused-ring (bicyclic) bond motifs is 1. The summed E-state index contributed by atoms with van der Waals surface area (Å²) < 4.78 is 10.5. The number of aromatic nitrogens is 3. The van der Waals surface area contributed by atoms with E-state index in [1.807, 2.05) is 13.8 Å². The van der Waals surface area contributed by atoms with Crippen molar-refractivity contribution in [1.82, 2.24) is 15.2 Å². The number of anilines is 1. The number of carbonyl (C=O) groups is 1. The molecule has 3 rings (SSSR count). The lowest BCUT2D eigenvalue weighted by molar-refractivity contribution is 0.101. The van der Waals surface area contributed by atoms with Gasteiger partial charge in [0.25, 0.3) is 5.91 Å². The van der Waals surface area contributed by atoms with Crippen molar-refractivity contribution in [1.29, 1.82) is 0 Å². The highest BCUT2D eigenvalue weighted by molar-refractivity contribution is 6.01. The second kappa shape index (κ2) is 4.84. The lowest BCUT2D eigenvalue weighted by Gasteiger charge is -2.03. The van der Waals surface area contributed by atoms with Gasteiger partial charge in [0.15, 0.2) is 11.5 Å². The van der Waals surface area contributed by atoms with Gasteiger partial charge in [-0.2, -0.15) is 0 Å². The molecule has 2 N–H and O–H groups in total. The molecule has 2 heterocycles. The van der Waals surface area contributed by atoms with Crippen molar-refractivity contribution in [2.75, 3.05) is 12.1 Å². The molecule has 7 heteroatoms. The quantitative estimate of drug-likeness (QED) is 0.892. The fourth-order valence-corrected chi connectivity index (χ4v) is 1.80. The second-order valence-electron chi connectivity index (χ2n) is 4.72. The van der Waals surface area contributed by atoms with Gasteiger partial charge in [0.1, 0.15) is 5.82 Å². The molecule has 2 aromatic rings. The summed E-state index contributed by atoms with van der Waals surface area (Å²) in [7, 11) is 0. The van der Waals surface area contributed by atoms with E-state index >= 15 is 0 Å². The Morgan fingerprint density at radius 3 is 2.90 bits per heavy atom. The Balaban J connectivity index is 1.75. The predicted molar refractivity (Wildman–Crippen MR) is 71.0 cm³/mol. The maximum atomic E-state index is 12.0. The van der Waals surface area contributed by atoms with E-state index in [-0.39, 0.29) is 24.4 Å². The van der Waals surface area contributed by atoms with Crippen LogP contribution in [0, 0.1) is 0 Å². The van der Waals surface area contributed by atoms with Crippen LogP contribution in [-0.4, -0.2) is 27.9 Å². The minimum Gasteiger partial charge on any atom is -0.454 e. The van der Waals surface area contributed by atoms with Crippen molar-refractivity contribution in [2.24, 2.45) is 0 Å². The van der Waals surface area contributed by atoms with Gasteiger partial charge in [0.2, 0.25) is 12.6 Å². The SMILES string of the molecule is CC(C)c1nc(C(=O)Nc2ccc3c(c2)OCO3)n[nH]1. The minimum absolute atomic E-state index is 0.117. The van der Waals surface area contributed by atoms with E-state index in [0.29, 0.717) is 23.0 Å². The smallest absolute Gasteiger partial charge is 0.295 e. The van der Waals surface area contributed by atoms with E-state index < -0.39 is 0 Å². The molecule has 0 aliphatic carbocycles. The number of aromatic amines is 1. The summed E-state index contributed by atoms with van der Waals surface area (Å²) in [5.41, 5.74) is 0.607. The first kappa shape index (κ1) is 12.5. The zero-order valence-corrected chi connectivity index (χ0v) is 11.1. The summed E-state index contributed by atoms with van der Waals surface area (Å²) in [5.74, 6) is 1.90. The number of hydrogen-bond donors (Lipinski definition) is 2. The lowest BCUT2D eigenvalue weighted by Crippen LogP contribution is -2.13. The van der Waals surface area contributed by atoms with Crippen molar-refractivity contribution < 1.29 is 14.3 Å². The Morgan fingerprint density at radius 1 is 1.35 bits per heavy atom. The van der Waals surface area contributed by atoms with Crippen molar-refractivity contribution >= 4 is 11.6 Å². The van der Waals surface area contributed by atoms with Crippen LogP contribution in [0.15, 0.2) is 18.2 Å². The number of nitrogens with one attached hydrogen (secondary N) is 2. The summed E-state index contributed by atoms with van der Waals surface area (Å²) >= 11 is 0. The molecule has 1 aliphatic rings. The summed E-state index contributed by atoms with van der Waals surface area (Å²) in [6.45, 7) is 4.14. The van der Waals surface area contributed by atoms with Crippen LogP contribution in [0.3, 0.4) is 0 Å². The maximum absolute atomic E-state index is 12.0. The molecule has 0 saturated heterocycles. The van der Waals surface area contributed by atoms with Gasteiger partial charge in [-0.05, 0) is 12.1 Å². The van der Waals surface area contributed by atoms with E-state index in [4.69, 9.17) is 9.47 Å². The van der Waals surface area contributed by atoms with Gasteiger partial charge in [0.05, 0.1) is 0 Å². The highest BCUT2D eigenvalue weighted by Gasteiger charge is 2.17. The zero-order valence-electron chi connectivity index (χ0n) is 11.1. The van der Waals surface area contributed by atoms with Crippen LogP contribution < -0.4 is 14.8 Å². The first-order valence-electron chi connectivity index (χ1n) is 6.27. The predicted octanol–water partition coefficient (Wildman–Crippen LogP) is 1.91. The van der Waals surface area contributed by atoms with Gasteiger partial charge >= 0.3 is 0 Å². The van der Waals surface area contributed by atoms with Gasteiger partial charge < -0.3 is 14.8 Å². The monoisotopic (exact) mass is 274 g/mol. The van der Waals surface area contributed by atoms with E-state index in [1.54, 1.807) is 18.2 Å². The van der Waals surface area contributed by atoms with Gasteiger partial charge in [0, 0.05) is 17.7 Å². The van der Waals surface area contributed by atoms with Gasteiger partial charge in [-0.1, -0.05) is 13.8 Å². The molecule has 1 aliphatic heterocycles. The number of H-pyrrole nitrogens is 1. The number of rotatable bonds is 3. The van der Waals surface area contributed by atoms with Gasteiger partial charge in [-0.25, -0.2) is 4.98 Å². The molecule has 0 radical (unpaired) electrons. The highest BCUT2D eigenvalue weighted by atomic mass is 16.7. The van der Waals surface area contributed by atoms with Crippen molar-refractivity contribution in [3.05, 3.63) is 29.8 Å². The molecule has 1 amide bonds. The van der Waals surface area contributed by atoms with Crippen LogP contribution in [0.4, 0.5) is 5.69 Å². The summed E-state index contributed by atoms with van der Waals surface area (Å²) in [4.78, 5) is 16.2. The zero-order chi connectivity index (χ0) is 14.1. The largest absolute Gasteiger partial charge is 0.454 e. The van der Waals surface area contributed by atoms with Crippen LogP contribution in [0.25, 0.3) is 0 Å². The molecule has 0 saturated carbocycles. The molecule has 0 atom stereocenters. The molecule has 0 spiro atoms. The minimum atomic E-state index is -0.369. The topological polar surface area (TPSA) is 89.1 Å². The first-order chi connectivity index (χ1) is 9.63. The molecular weight excluding hydrogens is 260 g/mol. The van der Waals surface area contributed by atoms with Crippen LogP contribution in [0.5, 0.6) is 11.5 Å². The fourth-order valence-electron chi connectivity index (χ4n) is 1.80. The highest BCUT2D eigenvalue weighted by Crippen LogP contribution is 2.34. The third kappa shape index (κ3) is 2.29. The van der Waals surface area contributed by atoms with Crippen molar-refractivity contribution in [3.63, 3.8) is 0 Å². The Bertz CT molecular complexity index is 651. The molecule has 0 fully saturated rings. The van der Waals surface area contributed by atoms with Crippen LogP contribution in [-0.2, 0) is 0 Å². The average molecular weight is 274 g/mol. The van der Waals surface area contributed by atoms with Crippen LogP contribution in [0.1, 0.15) is 36.2 Å². The summed E-state index contributed by atoms with van der Waals surface area (Å²) in [6, 6.07) is 5.19. The molecule has 104 valence electrons. The normalized spacial score (nSPS) is 12.8. The molecule has 1 aromatic heterocycles. The molecule has 0 unspecified atom stereocenters. The second-order valence-corrected chi connectivity index (χ2v) is 4.72. The molecular formula is C13H14N4O3. The molecule has 7 nitrogen and oxygen atoms in total.